The molecule has 0 aliphatic carbocycles. The molecule has 1 rings (SSSR count). The molecule has 0 aliphatic heterocycles. The molecule has 1 heterocycles. The summed E-state index contributed by atoms with van der Waals surface area (Å²) in [5.74, 6) is -1.16. The van der Waals surface area contributed by atoms with Crippen molar-refractivity contribution in [2.45, 2.75) is 6.92 Å². The Balaban J connectivity index is 3.01. The average Bonchev–Trinajstić information content (AvgIpc) is 2.27. The van der Waals surface area contributed by atoms with Gasteiger partial charge in [0.15, 0.2) is 5.69 Å². The first-order chi connectivity index (χ1) is 7.93. The number of urea groups is 1. The molecule has 1 aromatic heterocycles. The van der Waals surface area contributed by atoms with E-state index < -0.39 is 22.7 Å². The predicted molar refractivity (Wildman–Crippen MR) is 57.6 cm³/mol. The summed E-state index contributed by atoms with van der Waals surface area (Å²) < 4.78 is 0. The fraction of sp³-hybridized carbons (Fsp3) is 0.222. The molecule has 8 nitrogen and oxygen atoms in total. The molecular formula is C9H10N4O4. The van der Waals surface area contributed by atoms with Gasteiger partial charge in [-0.05, 0) is 16.0 Å². The summed E-state index contributed by atoms with van der Waals surface area (Å²) in [5, 5.41) is 14.7. The standard InChI is InChI=1S/C9H10N4O4/c1-5-3-6(4-7(11-5)13(16)17)8(14)12-9(15)10-2/h3-4H,1-2H3,(H2,10,12,14,15). The molecule has 0 aliphatic rings. The number of amides is 3. The minimum atomic E-state index is -0.724. The van der Waals surface area contributed by atoms with Gasteiger partial charge in [-0.3, -0.25) is 10.1 Å². The summed E-state index contributed by atoms with van der Waals surface area (Å²) in [5.41, 5.74) is 0.328. The maximum absolute atomic E-state index is 11.5. The smallest absolute Gasteiger partial charge is 0.358 e. The summed E-state index contributed by atoms with van der Waals surface area (Å²) in [4.78, 5) is 35.9. The highest BCUT2D eigenvalue weighted by Gasteiger charge is 2.16. The lowest BCUT2D eigenvalue weighted by Gasteiger charge is -2.03. The maximum atomic E-state index is 11.5. The van der Waals surface area contributed by atoms with Gasteiger partial charge in [0, 0.05) is 20.0 Å². The second-order valence-electron chi connectivity index (χ2n) is 3.15. The number of hydrogen-bond acceptors (Lipinski definition) is 5. The number of carbonyl (C=O) groups excluding carboxylic acids is 2. The number of nitro groups is 1. The van der Waals surface area contributed by atoms with Crippen molar-refractivity contribution in [1.82, 2.24) is 15.6 Å². The first kappa shape index (κ1) is 12.6. The number of imide groups is 1. The van der Waals surface area contributed by atoms with E-state index in [0.29, 0.717) is 5.69 Å². The van der Waals surface area contributed by atoms with Crippen molar-refractivity contribution in [1.29, 1.82) is 0 Å². The summed E-state index contributed by atoms with van der Waals surface area (Å²) in [6, 6.07) is 1.67. The molecule has 0 saturated heterocycles. The van der Waals surface area contributed by atoms with Crippen molar-refractivity contribution in [2.24, 2.45) is 0 Å². The topological polar surface area (TPSA) is 114 Å². The molecule has 8 heteroatoms. The number of aryl methyl sites for hydroxylation is 1. The SMILES string of the molecule is CNC(=O)NC(=O)c1cc(C)nc([N+](=O)[O-])c1. The summed E-state index contributed by atoms with van der Waals surface area (Å²) >= 11 is 0. The van der Waals surface area contributed by atoms with Gasteiger partial charge in [-0.15, -0.1) is 0 Å². The molecule has 0 aromatic carbocycles. The van der Waals surface area contributed by atoms with E-state index in [0.717, 1.165) is 6.07 Å². The molecule has 17 heavy (non-hydrogen) atoms. The minimum Gasteiger partial charge on any atom is -0.358 e. The number of carbonyl (C=O) groups is 2. The fourth-order valence-electron chi connectivity index (χ4n) is 1.11. The van der Waals surface area contributed by atoms with Gasteiger partial charge in [0.1, 0.15) is 0 Å². The van der Waals surface area contributed by atoms with Crippen LogP contribution in [0.15, 0.2) is 12.1 Å². The lowest BCUT2D eigenvalue weighted by atomic mass is 10.2. The third-order valence-corrected chi connectivity index (χ3v) is 1.84. The van der Waals surface area contributed by atoms with Crippen molar-refractivity contribution in [3.05, 3.63) is 33.5 Å². The summed E-state index contributed by atoms with van der Waals surface area (Å²) in [7, 11) is 1.35. The number of nitrogens with zero attached hydrogens (tertiary/aromatic N) is 2. The highest BCUT2D eigenvalue weighted by atomic mass is 16.6. The highest BCUT2D eigenvalue weighted by Crippen LogP contribution is 2.12. The van der Waals surface area contributed by atoms with Crippen molar-refractivity contribution < 1.29 is 14.5 Å². The molecule has 3 amide bonds. The van der Waals surface area contributed by atoms with E-state index in [9.17, 15) is 19.7 Å². The first-order valence-electron chi connectivity index (χ1n) is 4.60. The Morgan fingerprint density at radius 3 is 2.59 bits per heavy atom. The lowest BCUT2D eigenvalue weighted by molar-refractivity contribution is -0.389. The number of hydrogen-bond donors (Lipinski definition) is 2. The van der Waals surface area contributed by atoms with Gasteiger partial charge in [0.25, 0.3) is 5.91 Å². The van der Waals surface area contributed by atoms with Gasteiger partial charge in [-0.25, -0.2) is 4.79 Å². The summed E-state index contributed by atoms with van der Waals surface area (Å²) in [6.07, 6.45) is 0. The van der Waals surface area contributed by atoms with Crippen molar-refractivity contribution in [3.63, 3.8) is 0 Å². The summed E-state index contributed by atoms with van der Waals surface area (Å²) in [6.45, 7) is 1.52. The van der Waals surface area contributed by atoms with E-state index in [2.05, 4.69) is 10.3 Å². The third kappa shape index (κ3) is 3.23. The zero-order valence-electron chi connectivity index (χ0n) is 9.18. The van der Waals surface area contributed by atoms with E-state index in [1.54, 1.807) is 0 Å². The molecule has 0 bridgehead atoms. The van der Waals surface area contributed by atoms with Crippen LogP contribution in [-0.4, -0.2) is 28.9 Å². The van der Waals surface area contributed by atoms with E-state index in [1.165, 1.54) is 20.0 Å². The normalized spacial score (nSPS) is 9.53. The quantitative estimate of drug-likeness (QED) is 0.570. The molecule has 0 atom stereocenters. The Kier molecular flexibility index (Phi) is 3.70. The van der Waals surface area contributed by atoms with Crippen LogP contribution in [0.4, 0.5) is 10.6 Å². The van der Waals surface area contributed by atoms with E-state index in [-0.39, 0.29) is 5.56 Å². The second-order valence-corrected chi connectivity index (χ2v) is 3.15. The first-order valence-corrected chi connectivity index (χ1v) is 4.60. The Morgan fingerprint density at radius 1 is 1.41 bits per heavy atom. The Labute approximate surface area is 96.2 Å². The van der Waals surface area contributed by atoms with E-state index in [1.807, 2.05) is 5.32 Å². The number of pyridine rings is 1. The molecule has 0 spiro atoms. The lowest BCUT2D eigenvalue weighted by Crippen LogP contribution is -2.37. The van der Waals surface area contributed by atoms with Gasteiger partial charge in [-0.2, -0.15) is 0 Å². The van der Waals surface area contributed by atoms with Gasteiger partial charge in [-0.1, -0.05) is 0 Å². The molecule has 0 unspecified atom stereocenters. The molecular weight excluding hydrogens is 228 g/mol. The van der Waals surface area contributed by atoms with Crippen LogP contribution in [0.5, 0.6) is 0 Å². The van der Waals surface area contributed by atoms with E-state index in [4.69, 9.17) is 0 Å². The van der Waals surface area contributed by atoms with Crippen LogP contribution in [-0.2, 0) is 0 Å². The zero-order chi connectivity index (χ0) is 13.0. The van der Waals surface area contributed by atoms with Crippen LogP contribution >= 0.6 is 0 Å². The second kappa shape index (κ2) is 5.01. The number of aromatic nitrogens is 1. The third-order valence-electron chi connectivity index (χ3n) is 1.84. The van der Waals surface area contributed by atoms with Crippen molar-refractivity contribution in [3.8, 4) is 0 Å². The predicted octanol–water partition coefficient (Wildman–Crippen LogP) is 0.367. The zero-order valence-corrected chi connectivity index (χ0v) is 9.18. The maximum Gasteiger partial charge on any atom is 0.364 e. The van der Waals surface area contributed by atoms with Crippen molar-refractivity contribution >= 4 is 17.8 Å². The van der Waals surface area contributed by atoms with Crippen LogP contribution in [0.1, 0.15) is 16.1 Å². The fourth-order valence-corrected chi connectivity index (χ4v) is 1.11. The molecule has 0 fully saturated rings. The minimum absolute atomic E-state index is 0.00722. The van der Waals surface area contributed by atoms with Crippen LogP contribution in [0.25, 0.3) is 0 Å². The van der Waals surface area contributed by atoms with Gasteiger partial charge < -0.3 is 15.4 Å². The molecule has 1 aromatic rings. The van der Waals surface area contributed by atoms with Gasteiger partial charge in [0.05, 0.1) is 5.56 Å². The largest absolute Gasteiger partial charge is 0.364 e. The van der Waals surface area contributed by atoms with Crippen molar-refractivity contribution in [2.75, 3.05) is 7.05 Å². The van der Waals surface area contributed by atoms with Crippen LogP contribution in [0.3, 0.4) is 0 Å². The molecule has 0 saturated carbocycles. The molecule has 90 valence electrons. The molecule has 2 N–H and O–H groups in total. The number of nitrogens with one attached hydrogen (secondary N) is 2. The van der Waals surface area contributed by atoms with Crippen LogP contribution in [0.2, 0.25) is 0 Å². The van der Waals surface area contributed by atoms with Crippen LogP contribution < -0.4 is 10.6 Å². The number of rotatable bonds is 2. The Hall–Kier alpha value is -2.51. The Bertz CT molecular complexity index is 486. The average molecular weight is 238 g/mol. The Morgan fingerprint density at radius 2 is 2.06 bits per heavy atom. The van der Waals surface area contributed by atoms with Crippen LogP contribution in [0, 0.1) is 17.0 Å². The molecule has 0 radical (unpaired) electrons. The van der Waals surface area contributed by atoms with Gasteiger partial charge in [0.2, 0.25) is 0 Å². The monoisotopic (exact) mass is 238 g/mol. The van der Waals surface area contributed by atoms with E-state index >= 15 is 0 Å². The highest BCUT2D eigenvalue weighted by molar-refractivity contribution is 6.04. The van der Waals surface area contributed by atoms with Gasteiger partial charge >= 0.3 is 11.8 Å².